The Morgan fingerprint density at radius 1 is 1.12 bits per heavy atom. The zero-order chi connectivity index (χ0) is 11.6. The molecule has 0 atom stereocenters. The smallest absolute Gasteiger partial charge is 0.123 e. The summed E-state index contributed by atoms with van der Waals surface area (Å²) in [7, 11) is 0. The normalized spacial score (nSPS) is 10.4. The highest BCUT2D eigenvalue weighted by Gasteiger charge is 1.94. The van der Waals surface area contributed by atoms with Gasteiger partial charge in [0, 0.05) is 0 Å². The third-order valence-electron chi connectivity index (χ3n) is 2.26. The maximum atomic E-state index is 12.6. The summed E-state index contributed by atoms with van der Waals surface area (Å²) < 4.78 is 18.1. The van der Waals surface area contributed by atoms with Crippen LogP contribution in [0.1, 0.15) is 26.2 Å². The van der Waals surface area contributed by atoms with Gasteiger partial charge in [-0.2, -0.15) is 0 Å². The molecule has 0 spiro atoms. The molecule has 0 saturated carbocycles. The lowest BCUT2D eigenvalue weighted by Gasteiger charge is -2.06. The maximum Gasteiger partial charge on any atom is 0.123 e. The second-order valence-corrected chi connectivity index (χ2v) is 3.76. The number of benzene rings is 1. The van der Waals surface area contributed by atoms with Crippen LogP contribution in [0.4, 0.5) is 4.39 Å². The van der Waals surface area contributed by atoms with Gasteiger partial charge in [-0.15, -0.1) is 0 Å². The SMILES string of the molecule is CCCNCCCCOc1ccc(F)cc1. The molecule has 0 aliphatic carbocycles. The topological polar surface area (TPSA) is 21.3 Å². The lowest BCUT2D eigenvalue weighted by molar-refractivity contribution is 0.305. The number of unbranched alkanes of at least 4 members (excludes halogenated alkanes) is 1. The summed E-state index contributed by atoms with van der Waals surface area (Å²) in [5, 5.41) is 3.34. The average Bonchev–Trinajstić information content (AvgIpc) is 2.30. The molecule has 0 aliphatic heterocycles. The molecule has 90 valence electrons. The molecule has 3 heteroatoms. The largest absolute Gasteiger partial charge is 0.494 e. The quantitative estimate of drug-likeness (QED) is 0.687. The van der Waals surface area contributed by atoms with Crippen molar-refractivity contribution in [1.82, 2.24) is 5.32 Å². The highest BCUT2D eigenvalue weighted by molar-refractivity contribution is 5.21. The van der Waals surface area contributed by atoms with E-state index in [9.17, 15) is 4.39 Å². The van der Waals surface area contributed by atoms with Crippen molar-refractivity contribution in [2.75, 3.05) is 19.7 Å². The molecule has 0 aromatic heterocycles. The number of hydrogen-bond donors (Lipinski definition) is 1. The molecular formula is C13H20FNO. The van der Waals surface area contributed by atoms with Crippen LogP contribution in [0.15, 0.2) is 24.3 Å². The highest BCUT2D eigenvalue weighted by Crippen LogP contribution is 2.11. The van der Waals surface area contributed by atoms with E-state index < -0.39 is 0 Å². The third kappa shape index (κ3) is 5.71. The first-order valence-electron chi connectivity index (χ1n) is 5.92. The zero-order valence-electron chi connectivity index (χ0n) is 9.84. The minimum atomic E-state index is -0.226. The van der Waals surface area contributed by atoms with E-state index in [-0.39, 0.29) is 5.82 Å². The van der Waals surface area contributed by atoms with Gasteiger partial charge in [-0.25, -0.2) is 4.39 Å². The Morgan fingerprint density at radius 3 is 2.56 bits per heavy atom. The van der Waals surface area contributed by atoms with Gasteiger partial charge in [-0.3, -0.25) is 0 Å². The van der Waals surface area contributed by atoms with Crippen molar-refractivity contribution >= 4 is 0 Å². The van der Waals surface area contributed by atoms with E-state index in [4.69, 9.17) is 4.74 Å². The molecule has 2 nitrogen and oxygen atoms in total. The van der Waals surface area contributed by atoms with Crippen molar-refractivity contribution in [1.29, 1.82) is 0 Å². The Morgan fingerprint density at radius 2 is 1.88 bits per heavy atom. The third-order valence-corrected chi connectivity index (χ3v) is 2.26. The van der Waals surface area contributed by atoms with Gasteiger partial charge < -0.3 is 10.1 Å². The van der Waals surface area contributed by atoms with E-state index in [2.05, 4.69) is 12.2 Å². The van der Waals surface area contributed by atoms with Crippen molar-refractivity contribution in [2.24, 2.45) is 0 Å². The fourth-order valence-corrected chi connectivity index (χ4v) is 1.37. The minimum Gasteiger partial charge on any atom is -0.494 e. The van der Waals surface area contributed by atoms with E-state index in [1.807, 2.05) is 0 Å². The first kappa shape index (κ1) is 13.0. The van der Waals surface area contributed by atoms with Crippen molar-refractivity contribution in [3.05, 3.63) is 30.1 Å². The van der Waals surface area contributed by atoms with Gasteiger partial charge in [-0.05, 0) is 56.6 Å². The van der Waals surface area contributed by atoms with Crippen molar-refractivity contribution < 1.29 is 9.13 Å². The second kappa shape index (κ2) is 8.11. The van der Waals surface area contributed by atoms with E-state index in [0.717, 1.165) is 31.7 Å². The van der Waals surface area contributed by atoms with Crippen LogP contribution in [0, 0.1) is 5.82 Å². The van der Waals surface area contributed by atoms with Crippen LogP contribution < -0.4 is 10.1 Å². The minimum absolute atomic E-state index is 0.226. The number of halogens is 1. The van der Waals surface area contributed by atoms with Crippen LogP contribution in [-0.4, -0.2) is 19.7 Å². The van der Waals surface area contributed by atoms with Gasteiger partial charge in [0.05, 0.1) is 6.61 Å². The van der Waals surface area contributed by atoms with Crippen LogP contribution in [0.5, 0.6) is 5.75 Å². The van der Waals surface area contributed by atoms with Crippen LogP contribution in [-0.2, 0) is 0 Å². The van der Waals surface area contributed by atoms with E-state index >= 15 is 0 Å². The molecule has 0 heterocycles. The summed E-state index contributed by atoms with van der Waals surface area (Å²) in [6.07, 6.45) is 3.31. The van der Waals surface area contributed by atoms with Crippen molar-refractivity contribution in [3.63, 3.8) is 0 Å². The Hall–Kier alpha value is -1.09. The molecule has 1 N–H and O–H groups in total. The van der Waals surface area contributed by atoms with Crippen molar-refractivity contribution in [2.45, 2.75) is 26.2 Å². The summed E-state index contributed by atoms with van der Waals surface area (Å²) >= 11 is 0. The lowest BCUT2D eigenvalue weighted by Crippen LogP contribution is -2.16. The summed E-state index contributed by atoms with van der Waals surface area (Å²) in [5.41, 5.74) is 0. The van der Waals surface area contributed by atoms with Crippen LogP contribution in [0.3, 0.4) is 0 Å². The summed E-state index contributed by atoms with van der Waals surface area (Å²) in [6.45, 7) is 4.98. The molecule has 0 amide bonds. The van der Waals surface area contributed by atoms with Gasteiger partial charge in [0.2, 0.25) is 0 Å². The average molecular weight is 225 g/mol. The van der Waals surface area contributed by atoms with Crippen molar-refractivity contribution in [3.8, 4) is 5.75 Å². The molecular weight excluding hydrogens is 205 g/mol. The fourth-order valence-electron chi connectivity index (χ4n) is 1.37. The van der Waals surface area contributed by atoms with Gasteiger partial charge >= 0.3 is 0 Å². The van der Waals surface area contributed by atoms with Gasteiger partial charge in [0.15, 0.2) is 0 Å². The zero-order valence-corrected chi connectivity index (χ0v) is 9.84. The molecule has 0 unspecified atom stereocenters. The molecule has 0 saturated heterocycles. The summed E-state index contributed by atoms with van der Waals surface area (Å²) in [5.74, 6) is 0.513. The molecule has 1 aromatic carbocycles. The molecule has 0 bridgehead atoms. The van der Waals surface area contributed by atoms with Crippen LogP contribution >= 0.6 is 0 Å². The van der Waals surface area contributed by atoms with E-state index in [1.54, 1.807) is 12.1 Å². The van der Waals surface area contributed by atoms with Gasteiger partial charge in [0.1, 0.15) is 11.6 Å². The Labute approximate surface area is 96.8 Å². The van der Waals surface area contributed by atoms with E-state index in [0.29, 0.717) is 6.61 Å². The Bertz CT molecular complexity index is 274. The van der Waals surface area contributed by atoms with Crippen LogP contribution in [0.25, 0.3) is 0 Å². The predicted octanol–water partition coefficient (Wildman–Crippen LogP) is 2.98. The van der Waals surface area contributed by atoms with E-state index in [1.165, 1.54) is 18.6 Å². The Balaban J connectivity index is 2.01. The molecule has 1 rings (SSSR count). The first-order chi connectivity index (χ1) is 7.83. The molecule has 0 fully saturated rings. The molecule has 16 heavy (non-hydrogen) atoms. The fraction of sp³-hybridized carbons (Fsp3) is 0.538. The monoisotopic (exact) mass is 225 g/mol. The molecule has 1 aromatic rings. The summed E-state index contributed by atoms with van der Waals surface area (Å²) in [6, 6.07) is 6.14. The second-order valence-electron chi connectivity index (χ2n) is 3.76. The lowest BCUT2D eigenvalue weighted by atomic mass is 10.3. The van der Waals surface area contributed by atoms with Gasteiger partial charge in [0.25, 0.3) is 0 Å². The Kier molecular flexibility index (Phi) is 6.58. The number of hydrogen-bond acceptors (Lipinski definition) is 2. The number of nitrogens with one attached hydrogen (secondary N) is 1. The van der Waals surface area contributed by atoms with Crippen LogP contribution in [0.2, 0.25) is 0 Å². The molecule has 0 radical (unpaired) electrons. The highest BCUT2D eigenvalue weighted by atomic mass is 19.1. The number of ether oxygens (including phenoxy) is 1. The molecule has 0 aliphatic rings. The maximum absolute atomic E-state index is 12.6. The van der Waals surface area contributed by atoms with Gasteiger partial charge in [-0.1, -0.05) is 6.92 Å². The number of rotatable bonds is 8. The predicted molar refractivity (Wildman–Crippen MR) is 64.3 cm³/mol. The first-order valence-corrected chi connectivity index (χ1v) is 5.92. The summed E-state index contributed by atoms with van der Waals surface area (Å²) in [4.78, 5) is 0. The standard InChI is InChI=1S/C13H20FNO/c1-2-9-15-10-3-4-11-16-13-7-5-12(14)6-8-13/h5-8,15H,2-4,9-11H2,1H3.